The number of nitrogens with zero attached hydrogens (tertiary/aromatic N) is 3. The fraction of sp³-hybridized carbons (Fsp3) is 0.417. The van der Waals surface area contributed by atoms with E-state index in [-0.39, 0.29) is 17.9 Å². The first-order chi connectivity index (χ1) is 14.8. The van der Waals surface area contributed by atoms with E-state index in [2.05, 4.69) is 11.5 Å². The molecule has 0 spiro atoms. The van der Waals surface area contributed by atoms with Gasteiger partial charge in [-0.25, -0.2) is 9.69 Å². The van der Waals surface area contributed by atoms with Crippen molar-refractivity contribution in [2.45, 2.75) is 58.5 Å². The van der Waals surface area contributed by atoms with Crippen molar-refractivity contribution in [3.63, 3.8) is 0 Å². The van der Waals surface area contributed by atoms with Gasteiger partial charge in [0.05, 0.1) is 12.6 Å². The van der Waals surface area contributed by atoms with Gasteiger partial charge in [0, 0.05) is 23.0 Å². The van der Waals surface area contributed by atoms with E-state index < -0.39 is 24.4 Å². The Hall–Kier alpha value is -3.22. The lowest BCUT2D eigenvalue weighted by molar-refractivity contribution is -0.143. The van der Waals surface area contributed by atoms with Crippen molar-refractivity contribution >= 4 is 23.6 Å². The second kappa shape index (κ2) is 8.13. The summed E-state index contributed by atoms with van der Waals surface area (Å²) in [5, 5.41) is 0. The van der Waals surface area contributed by atoms with Gasteiger partial charge in [0.25, 0.3) is 0 Å². The number of benzene rings is 1. The number of carbonyl (C=O) groups is 4. The van der Waals surface area contributed by atoms with Crippen molar-refractivity contribution in [3.05, 3.63) is 58.9 Å². The summed E-state index contributed by atoms with van der Waals surface area (Å²) < 4.78 is 2.08. The third kappa shape index (κ3) is 3.58. The van der Waals surface area contributed by atoms with E-state index >= 15 is 0 Å². The van der Waals surface area contributed by atoms with Crippen LogP contribution in [-0.4, -0.2) is 50.6 Å². The summed E-state index contributed by atoms with van der Waals surface area (Å²) >= 11 is 0. The van der Waals surface area contributed by atoms with E-state index in [4.69, 9.17) is 0 Å². The lowest BCUT2D eigenvalue weighted by Gasteiger charge is -2.21. The number of hydrogen-bond donors (Lipinski definition) is 0. The summed E-state index contributed by atoms with van der Waals surface area (Å²) in [6, 6.07) is 10.9. The van der Waals surface area contributed by atoms with Crippen LogP contribution in [0.5, 0.6) is 0 Å². The Labute approximate surface area is 181 Å². The van der Waals surface area contributed by atoms with Crippen molar-refractivity contribution in [3.8, 4) is 0 Å². The largest absolute Gasteiger partial charge is 0.341 e. The van der Waals surface area contributed by atoms with Crippen LogP contribution in [0.2, 0.25) is 0 Å². The number of urea groups is 1. The molecule has 1 saturated carbocycles. The van der Waals surface area contributed by atoms with E-state index in [1.54, 1.807) is 6.07 Å². The zero-order chi connectivity index (χ0) is 22.3. The lowest BCUT2D eigenvalue weighted by atomic mass is 10.1. The number of ketones is 1. The quantitative estimate of drug-likeness (QED) is 0.405. The molecule has 0 unspecified atom stereocenters. The number of hydrogen-bond acceptors (Lipinski definition) is 4. The summed E-state index contributed by atoms with van der Waals surface area (Å²) in [7, 11) is 0. The lowest BCUT2D eigenvalue weighted by Crippen LogP contribution is -2.41. The van der Waals surface area contributed by atoms with Crippen LogP contribution in [-0.2, 0) is 9.59 Å². The summed E-state index contributed by atoms with van der Waals surface area (Å²) in [5.74, 6) is -2.06. The molecule has 4 amide bonds. The van der Waals surface area contributed by atoms with Crippen LogP contribution in [0.25, 0.3) is 0 Å². The number of aryl methyl sites for hydroxylation is 1. The van der Waals surface area contributed by atoms with Gasteiger partial charge in [0.15, 0.2) is 5.78 Å². The Morgan fingerprint density at radius 1 is 1.03 bits per heavy atom. The number of imide groups is 2. The zero-order valence-electron chi connectivity index (χ0n) is 18.1. The van der Waals surface area contributed by atoms with E-state index in [1.807, 2.05) is 44.2 Å². The molecule has 2 aliphatic rings. The normalized spacial score (nSPS) is 18.4. The average molecular weight is 421 g/mol. The molecule has 0 bridgehead atoms. The molecule has 1 aliphatic carbocycles. The van der Waals surface area contributed by atoms with Crippen LogP contribution in [0.15, 0.2) is 36.4 Å². The second-order valence-corrected chi connectivity index (χ2v) is 8.45. The van der Waals surface area contributed by atoms with Crippen LogP contribution >= 0.6 is 0 Å². The molecule has 4 rings (SSSR count). The standard InChI is InChI=1S/C24H27N3O4/c1-15-13-20(17(3)26(15)16(2)18-9-5-4-6-10-18)21(28)14-25-22(29)23(30)27(24(25)31)19-11-7-8-12-19/h4-6,9-10,13,16,19H,7-8,11-12,14H2,1-3H3/t16-/m0/s1. The van der Waals surface area contributed by atoms with Crippen molar-refractivity contribution in [1.29, 1.82) is 0 Å². The predicted octanol–water partition coefficient (Wildman–Crippen LogP) is 3.63. The number of carbonyl (C=O) groups excluding carboxylic acids is 4. The molecule has 7 heteroatoms. The van der Waals surface area contributed by atoms with Gasteiger partial charge in [-0.1, -0.05) is 43.2 Å². The molecule has 0 radical (unpaired) electrons. The van der Waals surface area contributed by atoms with E-state index in [0.717, 1.165) is 39.6 Å². The monoisotopic (exact) mass is 421 g/mol. The highest BCUT2D eigenvalue weighted by atomic mass is 16.2. The third-order valence-corrected chi connectivity index (χ3v) is 6.53. The van der Waals surface area contributed by atoms with Crippen molar-refractivity contribution in [1.82, 2.24) is 14.4 Å². The molecule has 1 atom stereocenters. The van der Waals surface area contributed by atoms with Crippen molar-refractivity contribution in [2.75, 3.05) is 6.54 Å². The molecule has 2 heterocycles. The summed E-state index contributed by atoms with van der Waals surface area (Å²) in [6.45, 7) is 5.44. The summed E-state index contributed by atoms with van der Waals surface area (Å²) in [6.07, 6.45) is 3.29. The first-order valence-corrected chi connectivity index (χ1v) is 10.8. The highest BCUT2D eigenvalue weighted by Gasteiger charge is 2.48. The van der Waals surface area contributed by atoms with E-state index in [9.17, 15) is 19.2 Å². The Bertz CT molecular complexity index is 1050. The predicted molar refractivity (Wildman–Crippen MR) is 115 cm³/mol. The second-order valence-electron chi connectivity index (χ2n) is 8.45. The fourth-order valence-corrected chi connectivity index (χ4v) is 4.91. The maximum absolute atomic E-state index is 13.1. The third-order valence-electron chi connectivity index (χ3n) is 6.53. The van der Waals surface area contributed by atoms with E-state index in [0.29, 0.717) is 18.4 Å². The Kier molecular flexibility index (Phi) is 5.52. The highest BCUT2D eigenvalue weighted by Crippen LogP contribution is 2.29. The van der Waals surface area contributed by atoms with Crippen molar-refractivity contribution < 1.29 is 19.2 Å². The van der Waals surface area contributed by atoms with Crippen molar-refractivity contribution in [2.24, 2.45) is 0 Å². The van der Waals surface area contributed by atoms with Gasteiger partial charge < -0.3 is 4.57 Å². The first kappa shape index (κ1) is 21.0. The number of aromatic nitrogens is 1. The smallest absolute Gasteiger partial charge is 0.334 e. The van der Waals surface area contributed by atoms with Crippen LogP contribution in [0.3, 0.4) is 0 Å². The topological polar surface area (TPSA) is 79.7 Å². The van der Waals surface area contributed by atoms with Gasteiger partial charge in [0.2, 0.25) is 0 Å². The maximum Gasteiger partial charge on any atom is 0.334 e. The number of amides is 4. The summed E-state index contributed by atoms with van der Waals surface area (Å²) in [4.78, 5) is 52.6. The molecule has 1 aromatic carbocycles. The van der Waals surface area contributed by atoms with Gasteiger partial charge >= 0.3 is 17.8 Å². The molecule has 0 N–H and O–H groups in total. The molecule has 2 fully saturated rings. The van der Waals surface area contributed by atoms with Crippen LogP contribution in [0.4, 0.5) is 4.79 Å². The highest BCUT2D eigenvalue weighted by molar-refractivity contribution is 6.45. The molecule has 1 aromatic heterocycles. The SMILES string of the molecule is Cc1cc(C(=O)CN2C(=O)C(=O)N(C3CCCC3)C2=O)c(C)n1[C@@H](C)c1ccccc1. The minimum Gasteiger partial charge on any atom is -0.341 e. The minimum absolute atomic E-state index is 0.0252. The Morgan fingerprint density at radius 3 is 2.32 bits per heavy atom. The Balaban J connectivity index is 1.56. The minimum atomic E-state index is -0.906. The molecule has 7 nitrogen and oxygen atoms in total. The average Bonchev–Trinajstić information content (AvgIpc) is 3.43. The molecule has 1 aliphatic heterocycles. The van der Waals surface area contributed by atoms with Crippen LogP contribution < -0.4 is 0 Å². The molecular formula is C24H27N3O4. The van der Waals surface area contributed by atoms with Gasteiger partial charge in [-0.15, -0.1) is 0 Å². The van der Waals surface area contributed by atoms with Gasteiger partial charge in [-0.3, -0.25) is 19.3 Å². The zero-order valence-corrected chi connectivity index (χ0v) is 18.1. The summed E-state index contributed by atoms with van der Waals surface area (Å²) in [5.41, 5.74) is 3.27. The van der Waals surface area contributed by atoms with Crippen LogP contribution in [0.1, 0.15) is 66.0 Å². The Morgan fingerprint density at radius 2 is 1.68 bits per heavy atom. The van der Waals surface area contributed by atoms with E-state index in [1.165, 1.54) is 0 Å². The molecule has 31 heavy (non-hydrogen) atoms. The molecule has 2 aromatic rings. The van der Waals surface area contributed by atoms with Gasteiger partial charge in [-0.05, 0) is 45.2 Å². The van der Waals surface area contributed by atoms with Gasteiger partial charge in [-0.2, -0.15) is 0 Å². The fourth-order valence-electron chi connectivity index (χ4n) is 4.91. The molecular weight excluding hydrogens is 394 g/mol. The molecule has 162 valence electrons. The molecule has 1 saturated heterocycles. The maximum atomic E-state index is 13.1. The van der Waals surface area contributed by atoms with Crippen LogP contribution in [0, 0.1) is 13.8 Å². The van der Waals surface area contributed by atoms with Gasteiger partial charge in [0.1, 0.15) is 0 Å². The number of rotatable bonds is 6. The first-order valence-electron chi connectivity index (χ1n) is 10.8. The number of Topliss-reactive ketones (excluding diaryl/α,β-unsaturated/α-hetero) is 1.